The molecule has 0 bridgehead atoms. The maximum Gasteiger partial charge on any atom is 0.354 e. The minimum atomic E-state index is -0.949. The molecule has 4 heteroatoms. The molecule has 0 unspecified atom stereocenters. The van der Waals surface area contributed by atoms with Crippen molar-refractivity contribution in [1.82, 2.24) is 9.78 Å². The first-order chi connectivity index (χ1) is 8.49. The Labute approximate surface area is 106 Å². The summed E-state index contributed by atoms with van der Waals surface area (Å²) in [5, 5.41) is 13.5. The minimum Gasteiger partial charge on any atom is -0.477 e. The smallest absolute Gasteiger partial charge is 0.354 e. The van der Waals surface area contributed by atoms with Crippen molar-refractivity contribution in [2.75, 3.05) is 0 Å². The maximum absolute atomic E-state index is 11.2. The second-order valence-electron chi connectivity index (χ2n) is 4.63. The fourth-order valence-corrected chi connectivity index (χ4v) is 1.89. The van der Waals surface area contributed by atoms with Crippen LogP contribution in [0, 0.1) is 6.92 Å². The maximum atomic E-state index is 11.2. The standard InChI is InChI=1S/C14H16N2O2/c1-9(2)16-13(14(17)18)8-12(15-16)11-6-4-5-10(3)7-11/h4-9H,1-3H3,(H,17,18). The van der Waals surface area contributed by atoms with E-state index in [1.54, 1.807) is 10.7 Å². The van der Waals surface area contributed by atoms with Gasteiger partial charge in [0.05, 0.1) is 5.69 Å². The van der Waals surface area contributed by atoms with Gasteiger partial charge in [-0.2, -0.15) is 5.10 Å². The molecular formula is C14H16N2O2. The summed E-state index contributed by atoms with van der Waals surface area (Å²) in [6, 6.07) is 9.52. The van der Waals surface area contributed by atoms with Crippen molar-refractivity contribution >= 4 is 5.97 Å². The van der Waals surface area contributed by atoms with Crippen LogP contribution >= 0.6 is 0 Å². The molecule has 0 fully saturated rings. The van der Waals surface area contributed by atoms with Crippen LogP contribution in [0.3, 0.4) is 0 Å². The van der Waals surface area contributed by atoms with Crippen molar-refractivity contribution in [3.63, 3.8) is 0 Å². The van der Waals surface area contributed by atoms with Gasteiger partial charge in [0.1, 0.15) is 5.69 Å². The van der Waals surface area contributed by atoms with E-state index in [4.69, 9.17) is 5.11 Å². The molecule has 94 valence electrons. The Morgan fingerprint density at radius 1 is 1.33 bits per heavy atom. The summed E-state index contributed by atoms with van der Waals surface area (Å²) in [7, 11) is 0. The van der Waals surface area contributed by atoms with Crippen molar-refractivity contribution in [2.45, 2.75) is 26.8 Å². The van der Waals surface area contributed by atoms with Gasteiger partial charge in [0.2, 0.25) is 0 Å². The molecule has 1 aromatic carbocycles. The van der Waals surface area contributed by atoms with Gasteiger partial charge in [0.25, 0.3) is 0 Å². The molecule has 0 radical (unpaired) electrons. The van der Waals surface area contributed by atoms with Gasteiger partial charge in [-0.15, -0.1) is 0 Å². The summed E-state index contributed by atoms with van der Waals surface area (Å²) in [6.45, 7) is 5.83. The van der Waals surface area contributed by atoms with E-state index in [1.807, 2.05) is 45.0 Å². The third-order valence-corrected chi connectivity index (χ3v) is 2.76. The van der Waals surface area contributed by atoms with Gasteiger partial charge in [-0.25, -0.2) is 4.79 Å². The Morgan fingerprint density at radius 2 is 2.06 bits per heavy atom. The number of rotatable bonds is 3. The summed E-state index contributed by atoms with van der Waals surface area (Å²) in [6.07, 6.45) is 0. The number of aromatic nitrogens is 2. The second kappa shape index (κ2) is 4.64. The first-order valence-corrected chi connectivity index (χ1v) is 5.89. The molecule has 2 rings (SSSR count). The average Bonchev–Trinajstić information content (AvgIpc) is 2.73. The molecule has 1 aromatic heterocycles. The molecule has 4 nitrogen and oxygen atoms in total. The molecule has 1 heterocycles. The van der Waals surface area contributed by atoms with E-state index in [-0.39, 0.29) is 11.7 Å². The lowest BCUT2D eigenvalue weighted by Crippen LogP contribution is -2.11. The van der Waals surface area contributed by atoms with E-state index in [1.165, 1.54) is 0 Å². The van der Waals surface area contributed by atoms with Crippen LogP contribution in [0.2, 0.25) is 0 Å². The molecule has 18 heavy (non-hydrogen) atoms. The zero-order chi connectivity index (χ0) is 13.3. The number of carboxylic acids is 1. The normalized spacial score (nSPS) is 10.9. The van der Waals surface area contributed by atoms with Gasteiger partial charge in [0, 0.05) is 11.6 Å². The zero-order valence-electron chi connectivity index (χ0n) is 10.7. The predicted molar refractivity (Wildman–Crippen MR) is 69.7 cm³/mol. The zero-order valence-corrected chi connectivity index (χ0v) is 10.7. The van der Waals surface area contributed by atoms with Gasteiger partial charge in [-0.1, -0.05) is 23.8 Å². The Balaban J connectivity index is 2.53. The Bertz CT molecular complexity index is 585. The first-order valence-electron chi connectivity index (χ1n) is 5.89. The van der Waals surface area contributed by atoms with E-state index >= 15 is 0 Å². The highest BCUT2D eigenvalue weighted by Gasteiger charge is 2.16. The summed E-state index contributed by atoms with van der Waals surface area (Å²) < 4.78 is 1.54. The molecule has 0 atom stereocenters. The summed E-state index contributed by atoms with van der Waals surface area (Å²) in [4.78, 5) is 11.2. The first kappa shape index (κ1) is 12.4. The molecule has 0 saturated carbocycles. The highest BCUT2D eigenvalue weighted by atomic mass is 16.4. The Kier molecular flexibility index (Phi) is 3.19. The van der Waals surface area contributed by atoms with Crippen LogP contribution in [-0.4, -0.2) is 20.9 Å². The third-order valence-electron chi connectivity index (χ3n) is 2.76. The minimum absolute atomic E-state index is 0.0228. The number of hydrogen-bond donors (Lipinski definition) is 1. The van der Waals surface area contributed by atoms with Gasteiger partial charge in [-0.05, 0) is 32.9 Å². The van der Waals surface area contributed by atoms with Crippen LogP contribution in [0.15, 0.2) is 30.3 Å². The lowest BCUT2D eigenvalue weighted by atomic mass is 10.1. The molecule has 0 aliphatic carbocycles. The van der Waals surface area contributed by atoms with Crippen molar-refractivity contribution in [2.24, 2.45) is 0 Å². The number of nitrogens with zero attached hydrogens (tertiary/aromatic N) is 2. The Hall–Kier alpha value is -2.10. The van der Waals surface area contributed by atoms with E-state index in [9.17, 15) is 4.79 Å². The number of benzene rings is 1. The Morgan fingerprint density at radius 3 is 2.56 bits per heavy atom. The molecule has 0 amide bonds. The van der Waals surface area contributed by atoms with Crippen molar-refractivity contribution < 1.29 is 9.90 Å². The van der Waals surface area contributed by atoms with Gasteiger partial charge < -0.3 is 5.11 Å². The summed E-state index contributed by atoms with van der Waals surface area (Å²) in [5.74, 6) is -0.949. The highest BCUT2D eigenvalue weighted by Crippen LogP contribution is 2.22. The SMILES string of the molecule is Cc1cccc(-c2cc(C(=O)O)n(C(C)C)n2)c1. The molecule has 1 N–H and O–H groups in total. The monoisotopic (exact) mass is 244 g/mol. The van der Waals surface area contributed by atoms with Crippen molar-refractivity contribution in [3.05, 3.63) is 41.6 Å². The molecular weight excluding hydrogens is 228 g/mol. The van der Waals surface area contributed by atoms with Gasteiger partial charge >= 0.3 is 5.97 Å². The van der Waals surface area contributed by atoms with Crippen LogP contribution in [-0.2, 0) is 0 Å². The molecule has 0 aliphatic heterocycles. The quantitative estimate of drug-likeness (QED) is 0.902. The lowest BCUT2D eigenvalue weighted by molar-refractivity contribution is 0.0681. The van der Waals surface area contributed by atoms with E-state index < -0.39 is 5.97 Å². The topological polar surface area (TPSA) is 55.1 Å². The summed E-state index contributed by atoms with van der Waals surface area (Å²) >= 11 is 0. The van der Waals surface area contributed by atoms with Gasteiger partial charge in [-0.3, -0.25) is 4.68 Å². The summed E-state index contributed by atoms with van der Waals surface area (Å²) in [5.41, 5.74) is 2.99. The number of carbonyl (C=O) groups is 1. The highest BCUT2D eigenvalue weighted by molar-refractivity contribution is 5.87. The predicted octanol–water partition coefficient (Wildman–Crippen LogP) is 3.14. The van der Waals surface area contributed by atoms with E-state index in [0.717, 1.165) is 11.1 Å². The van der Waals surface area contributed by atoms with Crippen LogP contribution in [0.1, 0.15) is 35.9 Å². The number of carboxylic acid groups (broad SMARTS) is 1. The second-order valence-corrected chi connectivity index (χ2v) is 4.63. The van der Waals surface area contributed by atoms with Crippen LogP contribution in [0.4, 0.5) is 0 Å². The number of aryl methyl sites for hydroxylation is 1. The van der Waals surface area contributed by atoms with Crippen molar-refractivity contribution in [1.29, 1.82) is 0 Å². The fraction of sp³-hybridized carbons (Fsp3) is 0.286. The molecule has 0 aliphatic rings. The van der Waals surface area contributed by atoms with Crippen LogP contribution < -0.4 is 0 Å². The molecule has 0 spiro atoms. The molecule has 0 saturated heterocycles. The average molecular weight is 244 g/mol. The van der Waals surface area contributed by atoms with E-state index in [0.29, 0.717) is 5.69 Å². The molecule has 2 aromatic rings. The number of hydrogen-bond acceptors (Lipinski definition) is 2. The largest absolute Gasteiger partial charge is 0.477 e. The van der Waals surface area contributed by atoms with Crippen LogP contribution in [0.5, 0.6) is 0 Å². The lowest BCUT2D eigenvalue weighted by Gasteiger charge is -2.07. The third kappa shape index (κ3) is 2.27. The van der Waals surface area contributed by atoms with Crippen LogP contribution in [0.25, 0.3) is 11.3 Å². The fourth-order valence-electron chi connectivity index (χ4n) is 1.89. The van der Waals surface area contributed by atoms with Gasteiger partial charge in [0.15, 0.2) is 0 Å². The van der Waals surface area contributed by atoms with E-state index in [2.05, 4.69) is 5.10 Å². The van der Waals surface area contributed by atoms with Crippen molar-refractivity contribution in [3.8, 4) is 11.3 Å². The number of aromatic carboxylic acids is 1.